The van der Waals surface area contributed by atoms with Crippen molar-refractivity contribution in [2.45, 2.75) is 25.8 Å². The van der Waals surface area contributed by atoms with Gasteiger partial charge in [0.2, 0.25) is 5.91 Å². The quantitative estimate of drug-likeness (QED) is 0.901. The number of nitrogens with one attached hydrogen (secondary N) is 2. The lowest BCUT2D eigenvalue weighted by Crippen LogP contribution is -2.19. The second-order valence-electron chi connectivity index (χ2n) is 5.40. The van der Waals surface area contributed by atoms with Gasteiger partial charge in [0, 0.05) is 16.2 Å². The molecule has 0 bridgehead atoms. The number of carbonyl (C=O) groups excluding carboxylic acids is 1. The van der Waals surface area contributed by atoms with Crippen molar-refractivity contribution in [1.29, 1.82) is 0 Å². The van der Waals surface area contributed by atoms with Crippen LogP contribution in [0.4, 0.5) is 5.69 Å². The summed E-state index contributed by atoms with van der Waals surface area (Å²) >= 11 is 3.64. The Labute approximate surface area is 115 Å². The zero-order valence-electron chi connectivity index (χ0n) is 10.6. The minimum Gasteiger partial charge on any atom is -0.325 e. The van der Waals surface area contributed by atoms with Gasteiger partial charge in [-0.15, -0.1) is 0 Å². The van der Waals surface area contributed by atoms with Gasteiger partial charge in [-0.25, -0.2) is 0 Å². The average molecular weight is 309 g/mol. The second-order valence-corrected chi connectivity index (χ2v) is 6.25. The smallest absolute Gasteiger partial charge is 0.228 e. The Morgan fingerprint density at radius 2 is 2.22 bits per heavy atom. The van der Waals surface area contributed by atoms with Crippen molar-refractivity contribution in [2.24, 2.45) is 11.8 Å². The van der Waals surface area contributed by atoms with Crippen molar-refractivity contribution in [3.05, 3.63) is 27.7 Å². The van der Waals surface area contributed by atoms with Crippen molar-refractivity contribution in [3.63, 3.8) is 0 Å². The van der Waals surface area contributed by atoms with Crippen LogP contribution < -0.4 is 10.6 Å². The molecule has 1 aliphatic heterocycles. The highest BCUT2D eigenvalue weighted by atomic mass is 79.9. The van der Waals surface area contributed by atoms with Gasteiger partial charge in [0.05, 0.1) is 6.42 Å². The van der Waals surface area contributed by atoms with Crippen molar-refractivity contribution in [3.8, 4) is 0 Å². The van der Waals surface area contributed by atoms with Crippen LogP contribution in [0.15, 0.2) is 16.6 Å². The van der Waals surface area contributed by atoms with Crippen molar-refractivity contribution >= 4 is 27.5 Å². The number of hydrogen-bond donors (Lipinski definition) is 2. The lowest BCUT2D eigenvalue weighted by Gasteiger charge is -2.19. The SMILES string of the molecule is CNC(c1cc2c(cc1Br)NC(=O)C2)C1CC1C. The van der Waals surface area contributed by atoms with Crippen LogP contribution in [-0.2, 0) is 11.2 Å². The number of fused-ring (bicyclic) bond motifs is 1. The van der Waals surface area contributed by atoms with E-state index in [4.69, 9.17) is 0 Å². The van der Waals surface area contributed by atoms with E-state index < -0.39 is 0 Å². The third-order valence-electron chi connectivity index (χ3n) is 4.09. The zero-order chi connectivity index (χ0) is 12.9. The second kappa shape index (κ2) is 4.35. The molecule has 4 heteroatoms. The number of rotatable bonds is 3. The number of halogens is 1. The molecular weight excluding hydrogens is 292 g/mol. The Morgan fingerprint density at radius 3 is 2.83 bits per heavy atom. The monoisotopic (exact) mass is 308 g/mol. The van der Waals surface area contributed by atoms with Crippen LogP contribution in [0.25, 0.3) is 0 Å². The maximum atomic E-state index is 11.4. The molecule has 1 saturated carbocycles. The Hall–Kier alpha value is -0.870. The molecule has 1 heterocycles. The minimum atomic E-state index is 0.0925. The van der Waals surface area contributed by atoms with Crippen LogP contribution in [0.2, 0.25) is 0 Å². The summed E-state index contributed by atoms with van der Waals surface area (Å²) in [5.41, 5.74) is 3.35. The Balaban J connectivity index is 1.97. The Kier molecular flexibility index (Phi) is 2.94. The van der Waals surface area contributed by atoms with Gasteiger partial charge in [0.1, 0.15) is 0 Å². The maximum Gasteiger partial charge on any atom is 0.228 e. The van der Waals surface area contributed by atoms with Crippen LogP contribution in [0.1, 0.15) is 30.5 Å². The van der Waals surface area contributed by atoms with E-state index in [1.54, 1.807) is 0 Å². The van der Waals surface area contributed by atoms with Crippen LogP contribution in [0, 0.1) is 11.8 Å². The molecule has 2 N–H and O–H groups in total. The summed E-state index contributed by atoms with van der Waals surface area (Å²) in [6, 6.07) is 4.59. The molecule has 1 fully saturated rings. The van der Waals surface area contributed by atoms with E-state index in [9.17, 15) is 4.79 Å². The highest BCUT2D eigenvalue weighted by Gasteiger charge is 2.40. The van der Waals surface area contributed by atoms with Gasteiger partial charge in [-0.05, 0) is 42.5 Å². The number of amides is 1. The molecule has 1 amide bonds. The summed E-state index contributed by atoms with van der Waals surface area (Å²) in [6.45, 7) is 2.29. The Morgan fingerprint density at radius 1 is 1.50 bits per heavy atom. The van der Waals surface area contributed by atoms with Gasteiger partial charge in [-0.3, -0.25) is 4.79 Å². The molecule has 1 aliphatic carbocycles. The van der Waals surface area contributed by atoms with E-state index in [1.165, 1.54) is 12.0 Å². The molecule has 18 heavy (non-hydrogen) atoms. The van der Waals surface area contributed by atoms with Crippen LogP contribution in [0.5, 0.6) is 0 Å². The van der Waals surface area contributed by atoms with Crippen LogP contribution >= 0.6 is 15.9 Å². The predicted molar refractivity (Wildman–Crippen MR) is 75.5 cm³/mol. The first-order valence-electron chi connectivity index (χ1n) is 6.39. The van der Waals surface area contributed by atoms with E-state index in [-0.39, 0.29) is 5.91 Å². The van der Waals surface area contributed by atoms with Gasteiger partial charge >= 0.3 is 0 Å². The van der Waals surface area contributed by atoms with Gasteiger partial charge in [-0.2, -0.15) is 0 Å². The van der Waals surface area contributed by atoms with Gasteiger partial charge in [0.25, 0.3) is 0 Å². The summed E-state index contributed by atoms with van der Waals surface area (Å²) in [4.78, 5) is 11.4. The van der Waals surface area contributed by atoms with E-state index in [0.29, 0.717) is 12.5 Å². The van der Waals surface area contributed by atoms with E-state index in [1.807, 2.05) is 13.1 Å². The number of benzene rings is 1. The van der Waals surface area contributed by atoms with E-state index in [2.05, 4.69) is 39.6 Å². The highest BCUT2D eigenvalue weighted by molar-refractivity contribution is 9.10. The molecule has 3 rings (SSSR count). The first kappa shape index (κ1) is 12.2. The van der Waals surface area contributed by atoms with Gasteiger partial charge in [0.15, 0.2) is 0 Å². The number of carbonyl (C=O) groups is 1. The molecule has 3 atom stereocenters. The Bertz CT molecular complexity index is 515. The normalized spacial score (nSPS) is 26.7. The largest absolute Gasteiger partial charge is 0.325 e. The van der Waals surface area contributed by atoms with Crippen molar-refractivity contribution in [1.82, 2.24) is 5.32 Å². The zero-order valence-corrected chi connectivity index (χ0v) is 12.2. The lowest BCUT2D eigenvalue weighted by atomic mass is 9.98. The van der Waals surface area contributed by atoms with Gasteiger partial charge < -0.3 is 10.6 Å². The third kappa shape index (κ3) is 1.97. The topological polar surface area (TPSA) is 41.1 Å². The number of anilines is 1. The molecule has 0 saturated heterocycles. The molecule has 1 aromatic carbocycles. The molecule has 0 radical (unpaired) electrons. The lowest BCUT2D eigenvalue weighted by molar-refractivity contribution is -0.115. The molecule has 1 aromatic rings. The average Bonchev–Trinajstić information content (AvgIpc) is 2.90. The van der Waals surface area contributed by atoms with E-state index >= 15 is 0 Å². The predicted octanol–water partition coefficient (Wildman–Crippen LogP) is 2.86. The summed E-state index contributed by atoms with van der Waals surface area (Å²) in [5.74, 6) is 1.60. The van der Waals surface area contributed by atoms with Gasteiger partial charge in [-0.1, -0.05) is 28.9 Å². The molecular formula is C14H17BrN2O. The van der Waals surface area contributed by atoms with Crippen LogP contribution in [0.3, 0.4) is 0 Å². The first-order chi connectivity index (χ1) is 8.60. The summed E-state index contributed by atoms with van der Waals surface area (Å²) < 4.78 is 1.09. The first-order valence-corrected chi connectivity index (χ1v) is 7.19. The minimum absolute atomic E-state index is 0.0925. The molecule has 3 nitrogen and oxygen atoms in total. The molecule has 0 aromatic heterocycles. The van der Waals surface area contributed by atoms with Crippen molar-refractivity contribution in [2.75, 3.05) is 12.4 Å². The molecule has 3 unspecified atom stereocenters. The van der Waals surface area contributed by atoms with Crippen molar-refractivity contribution < 1.29 is 4.79 Å². The summed E-state index contributed by atoms with van der Waals surface area (Å²) in [6.07, 6.45) is 1.79. The standard InChI is InChI=1S/C14H17BrN2O/c1-7-3-9(7)14(16-2)10-4-8-5-13(18)17-12(8)6-11(10)15/h4,6-7,9,14,16H,3,5H2,1-2H3,(H,17,18). The summed E-state index contributed by atoms with van der Waals surface area (Å²) in [7, 11) is 2.01. The fraction of sp³-hybridized carbons (Fsp3) is 0.500. The third-order valence-corrected chi connectivity index (χ3v) is 4.78. The maximum absolute atomic E-state index is 11.4. The van der Waals surface area contributed by atoms with Crippen LogP contribution in [-0.4, -0.2) is 13.0 Å². The fourth-order valence-corrected chi connectivity index (χ4v) is 3.51. The molecule has 2 aliphatic rings. The number of hydrogen-bond acceptors (Lipinski definition) is 2. The summed E-state index contributed by atoms with van der Waals surface area (Å²) in [5, 5.41) is 6.31. The highest BCUT2D eigenvalue weighted by Crippen LogP contribution is 2.48. The molecule has 0 spiro atoms. The molecule has 96 valence electrons. The fourth-order valence-electron chi connectivity index (χ4n) is 2.92. The van der Waals surface area contributed by atoms with E-state index in [0.717, 1.165) is 27.6 Å².